The summed E-state index contributed by atoms with van der Waals surface area (Å²) in [6.45, 7) is 0.190. The molecular formula is C12H14N4O3S. The van der Waals surface area contributed by atoms with Crippen molar-refractivity contribution in [3.63, 3.8) is 0 Å². The number of nitrogens with zero attached hydrogens (tertiary/aromatic N) is 1. The van der Waals surface area contributed by atoms with Crippen LogP contribution in [0.25, 0.3) is 10.2 Å². The predicted octanol–water partition coefficient (Wildman–Crippen LogP) is 1.30. The molecule has 0 fully saturated rings. The largest absolute Gasteiger partial charge is 0.494 e. The van der Waals surface area contributed by atoms with E-state index in [-0.39, 0.29) is 18.9 Å². The second-order valence-electron chi connectivity index (χ2n) is 3.92. The molecule has 0 atom stereocenters. The molecule has 1 aromatic heterocycles. The third kappa shape index (κ3) is 3.35. The maximum atomic E-state index is 11.7. The van der Waals surface area contributed by atoms with Crippen molar-refractivity contribution in [1.29, 1.82) is 0 Å². The van der Waals surface area contributed by atoms with Crippen molar-refractivity contribution in [3.05, 3.63) is 18.2 Å². The highest BCUT2D eigenvalue weighted by Gasteiger charge is 2.10. The van der Waals surface area contributed by atoms with Gasteiger partial charge in [-0.25, -0.2) is 9.78 Å². The van der Waals surface area contributed by atoms with E-state index in [2.05, 4.69) is 15.6 Å². The van der Waals surface area contributed by atoms with Gasteiger partial charge in [-0.05, 0) is 12.1 Å². The lowest BCUT2D eigenvalue weighted by Gasteiger charge is -2.01. The Kier molecular flexibility index (Phi) is 4.36. The summed E-state index contributed by atoms with van der Waals surface area (Å²) in [5, 5.41) is 5.52. The number of hydrogen-bond acceptors (Lipinski definition) is 5. The van der Waals surface area contributed by atoms with Crippen LogP contribution in [0, 0.1) is 0 Å². The van der Waals surface area contributed by atoms with Crippen LogP contribution in [-0.2, 0) is 4.79 Å². The molecule has 3 amide bonds. The molecule has 0 unspecified atom stereocenters. The van der Waals surface area contributed by atoms with Crippen molar-refractivity contribution in [2.75, 3.05) is 19.0 Å². The second kappa shape index (κ2) is 6.20. The summed E-state index contributed by atoms with van der Waals surface area (Å²) >= 11 is 1.36. The molecule has 106 valence electrons. The number of nitrogens with one attached hydrogen (secondary N) is 2. The van der Waals surface area contributed by atoms with Gasteiger partial charge in [0, 0.05) is 13.0 Å². The molecule has 0 saturated heterocycles. The fraction of sp³-hybridized carbons (Fsp3) is 0.250. The fourth-order valence-corrected chi connectivity index (χ4v) is 2.52. The Bertz CT molecular complexity index is 641. The lowest BCUT2D eigenvalue weighted by molar-refractivity contribution is -0.116. The van der Waals surface area contributed by atoms with Crippen LogP contribution in [-0.4, -0.2) is 30.6 Å². The van der Waals surface area contributed by atoms with Gasteiger partial charge in [0.15, 0.2) is 5.13 Å². The molecule has 0 bridgehead atoms. The highest BCUT2D eigenvalue weighted by Crippen LogP contribution is 2.31. The quantitative estimate of drug-likeness (QED) is 0.772. The van der Waals surface area contributed by atoms with E-state index in [4.69, 9.17) is 10.5 Å². The van der Waals surface area contributed by atoms with Gasteiger partial charge in [0.1, 0.15) is 11.3 Å². The molecule has 8 heteroatoms. The fourth-order valence-electron chi connectivity index (χ4n) is 1.62. The molecule has 2 aromatic rings. The number of carbonyl (C=O) groups excluding carboxylic acids is 2. The molecule has 20 heavy (non-hydrogen) atoms. The summed E-state index contributed by atoms with van der Waals surface area (Å²) in [6.07, 6.45) is 0.135. The van der Waals surface area contributed by atoms with Crippen LogP contribution in [0.4, 0.5) is 9.93 Å². The van der Waals surface area contributed by atoms with Crippen LogP contribution >= 0.6 is 11.3 Å². The first-order chi connectivity index (χ1) is 9.60. The van der Waals surface area contributed by atoms with Crippen molar-refractivity contribution in [1.82, 2.24) is 10.3 Å². The summed E-state index contributed by atoms with van der Waals surface area (Å²) in [7, 11) is 1.57. The highest BCUT2D eigenvalue weighted by molar-refractivity contribution is 7.22. The predicted molar refractivity (Wildman–Crippen MR) is 77.0 cm³/mol. The maximum absolute atomic E-state index is 11.7. The van der Waals surface area contributed by atoms with E-state index in [1.54, 1.807) is 7.11 Å². The Morgan fingerprint density at radius 3 is 2.95 bits per heavy atom. The molecule has 1 heterocycles. The number of fused-ring (bicyclic) bond motifs is 1. The van der Waals surface area contributed by atoms with Gasteiger partial charge >= 0.3 is 6.03 Å². The molecule has 0 aliphatic carbocycles. The first-order valence-corrected chi connectivity index (χ1v) is 6.68. The maximum Gasteiger partial charge on any atom is 0.312 e. The number of primary amides is 1. The van der Waals surface area contributed by atoms with E-state index in [1.807, 2.05) is 18.2 Å². The molecule has 7 nitrogen and oxygen atoms in total. The minimum absolute atomic E-state index is 0.135. The zero-order chi connectivity index (χ0) is 14.5. The SMILES string of the molecule is COc1cccc2sc(NC(=O)CCNC(N)=O)nc12. The Morgan fingerprint density at radius 1 is 1.45 bits per heavy atom. The number of amides is 3. The first-order valence-electron chi connectivity index (χ1n) is 5.87. The Balaban J connectivity index is 2.03. The number of aromatic nitrogens is 1. The number of carbonyl (C=O) groups is 2. The monoisotopic (exact) mass is 294 g/mol. The molecule has 2 rings (SSSR count). The number of urea groups is 1. The lowest BCUT2D eigenvalue weighted by atomic mass is 10.3. The molecule has 0 aliphatic heterocycles. The number of anilines is 1. The molecule has 4 N–H and O–H groups in total. The molecule has 1 aromatic carbocycles. The summed E-state index contributed by atoms with van der Waals surface area (Å²) in [6, 6.07) is 4.92. The van der Waals surface area contributed by atoms with Gasteiger partial charge < -0.3 is 21.1 Å². The highest BCUT2D eigenvalue weighted by atomic mass is 32.1. The summed E-state index contributed by atoms with van der Waals surface area (Å²) < 4.78 is 6.13. The van der Waals surface area contributed by atoms with E-state index < -0.39 is 6.03 Å². The van der Waals surface area contributed by atoms with Gasteiger partial charge in [-0.3, -0.25) is 4.79 Å². The zero-order valence-electron chi connectivity index (χ0n) is 10.8. The van der Waals surface area contributed by atoms with E-state index in [0.717, 1.165) is 4.70 Å². The van der Waals surface area contributed by atoms with Crippen molar-refractivity contribution in [2.45, 2.75) is 6.42 Å². The molecule has 0 radical (unpaired) electrons. The van der Waals surface area contributed by atoms with Crippen molar-refractivity contribution in [3.8, 4) is 5.75 Å². The summed E-state index contributed by atoms with van der Waals surface area (Å²) in [5.41, 5.74) is 5.62. The molecular weight excluding hydrogens is 280 g/mol. The van der Waals surface area contributed by atoms with Crippen LogP contribution in [0.15, 0.2) is 18.2 Å². The van der Waals surface area contributed by atoms with Crippen molar-refractivity contribution < 1.29 is 14.3 Å². The average Bonchev–Trinajstić information content (AvgIpc) is 2.80. The second-order valence-corrected chi connectivity index (χ2v) is 4.95. The normalized spacial score (nSPS) is 10.2. The van der Waals surface area contributed by atoms with Gasteiger partial charge in [-0.15, -0.1) is 0 Å². The number of thiazole rings is 1. The zero-order valence-corrected chi connectivity index (χ0v) is 11.6. The molecule has 0 aliphatic rings. The minimum atomic E-state index is -0.650. The molecule has 0 spiro atoms. The van der Waals surface area contributed by atoms with Gasteiger partial charge in [-0.1, -0.05) is 17.4 Å². The van der Waals surface area contributed by atoms with E-state index in [9.17, 15) is 9.59 Å². The number of ether oxygens (including phenoxy) is 1. The summed E-state index contributed by atoms with van der Waals surface area (Å²) in [4.78, 5) is 26.5. The van der Waals surface area contributed by atoms with Crippen LogP contribution in [0.1, 0.15) is 6.42 Å². The number of benzene rings is 1. The minimum Gasteiger partial charge on any atom is -0.494 e. The average molecular weight is 294 g/mol. The third-order valence-corrected chi connectivity index (χ3v) is 3.44. The Morgan fingerprint density at radius 2 is 2.25 bits per heavy atom. The van der Waals surface area contributed by atoms with E-state index in [0.29, 0.717) is 16.4 Å². The van der Waals surface area contributed by atoms with Gasteiger partial charge in [0.05, 0.1) is 11.8 Å². The molecule has 0 saturated carbocycles. The smallest absolute Gasteiger partial charge is 0.312 e. The van der Waals surface area contributed by atoms with Crippen LogP contribution in [0.2, 0.25) is 0 Å². The van der Waals surface area contributed by atoms with Gasteiger partial charge in [0.25, 0.3) is 0 Å². The van der Waals surface area contributed by atoms with Crippen molar-refractivity contribution in [2.24, 2.45) is 5.73 Å². The number of hydrogen-bond donors (Lipinski definition) is 3. The number of para-hydroxylation sites is 1. The van der Waals surface area contributed by atoms with Gasteiger partial charge in [0.2, 0.25) is 5.91 Å². The number of rotatable bonds is 5. The first kappa shape index (κ1) is 14.1. The van der Waals surface area contributed by atoms with Crippen LogP contribution < -0.4 is 21.1 Å². The van der Waals surface area contributed by atoms with Crippen LogP contribution in [0.5, 0.6) is 5.75 Å². The standard InChI is InChI=1S/C12H14N4O3S/c1-19-7-3-2-4-8-10(7)16-12(20-8)15-9(17)5-6-14-11(13)18/h2-4H,5-6H2,1H3,(H3,13,14,18)(H,15,16,17). The third-order valence-electron chi connectivity index (χ3n) is 2.50. The topological polar surface area (TPSA) is 106 Å². The number of nitrogens with two attached hydrogens (primary N) is 1. The van der Waals surface area contributed by atoms with E-state index >= 15 is 0 Å². The van der Waals surface area contributed by atoms with Gasteiger partial charge in [-0.2, -0.15) is 0 Å². The lowest BCUT2D eigenvalue weighted by Crippen LogP contribution is -2.32. The Hall–Kier alpha value is -2.35. The van der Waals surface area contributed by atoms with E-state index in [1.165, 1.54) is 11.3 Å². The summed E-state index contributed by atoms with van der Waals surface area (Å²) in [5.74, 6) is 0.423. The van der Waals surface area contributed by atoms with Crippen molar-refractivity contribution >= 4 is 38.6 Å². The Labute approximate surface area is 119 Å². The van der Waals surface area contributed by atoms with Crippen LogP contribution in [0.3, 0.4) is 0 Å². The number of methoxy groups -OCH3 is 1.